The molecule has 0 amide bonds. The van der Waals surface area contributed by atoms with Gasteiger partial charge in [-0.05, 0) is 13.8 Å². The van der Waals surface area contributed by atoms with Crippen LogP contribution in [0.15, 0.2) is 0 Å². The Kier molecular flexibility index (Phi) is 8.51. The third-order valence-electron chi connectivity index (χ3n) is 0.699. The minimum absolute atomic E-state index is 0. The zero-order valence-electron chi connectivity index (χ0n) is 6.64. The number of hydrogen-bond acceptors (Lipinski definition) is 3. The Labute approximate surface area is 72.3 Å². The Hall–Kier alpha value is -0.263. The number of hydrogen-bond donors (Lipinski definition) is 0. The van der Waals surface area contributed by atoms with Crippen molar-refractivity contribution >= 4 is 30.6 Å². The number of ether oxygens (including phenoxy) is 1. The first-order valence-corrected chi connectivity index (χ1v) is 2.82. The van der Waals surface area contributed by atoms with E-state index in [0.717, 1.165) is 0 Å². The molecule has 3 nitrogen and oxygen atoms in total. The van der Waals surface area contributed by atoms with E-state index in [9.17, 15) is 9.59 Å². The molecule has 0 saturated carbocycles. The topological polar surface area (TPSA) is 43.4 Å². The molecular formula is C6H10LiO3. The van der Waals surface area contributed by atoms with Gasteiger partial charge in [-0.2, -0.15) is 0 Å². The van der Waals surface area contributed by atoms with Crippen LogP contribution < -0.4 is 0 Å². The van der Waals surface area contributed by atoms with Gasteiger partial charge in [0.05, 0.1) is 6.61 Å². The fraction of sp³-hybridized carbons (Fsp3) is 0.667. The zero-order valence-corrected chi connectivity index (χ0v) is 6.64. The minimum Gasteiger partial charge on any atom is -0.466 e. The van der Waals surface area contributed by atoms with Crippen molar-refractivity contribution in [3.8, 4) is 0 Å². The van der Waals surface area contributed by atoms with Gasteiger partial charge in [-0.3, -0.25) is 9.59 Å². The fourth-order valence-corrected chi connectivity index (χ4v) is 0.415. The molecule has 0 aromatic carbocycles. The van der Waals surface area contributed by atoms with Crippen LogP contribution in [0.2, 0.25) is 0 Å². The number of ketones is 1. The largest absolute Gasteiger partial charge is 0.466 e. The monoisotopic (exact) mass is 137 g/mol. The third-order valence-corrected chi connectivity index (χ3v) is 0.699. The standard InChI is InChI=1S/C6H10O3.Li/c1-3-9-6(8)4-5(2)7;/h3-4H2,1-2H3;. The molecule has 1 radical (unpaired) electrons. The molecule has 0 aliphatic carbocycles. The summed E-state index contributed by atoms with van der Waals surface area (Å²) in [7, 11) is 0. The maximum Gasteiger partial charge on any atom is 0.313 e. The second kappa shape index (κ2) is 6.85. The number of carbonyl (C=O) groups excluding carboxylic acids is 2. The van der Waals surface area contributed by atoms with Crippen molar-refractivity contribution in [2.75, 3.05) is 6.61 Å². The average molecular weight is 137 g/mol. The first-order valence-electron chi connectivity index (χ1n) is 2.82. The van der Waals surface area contributed by atoms with Crippen LogP contribution in [0.25, 0.3) is 0 Å². The second-order valence-corrected chi connectivity index (χ2v) is 1.68. The van der Waals surface area contributed by atoms with E-state index in [4.69, 9.17) is 0 Å². The average Bonchev–Trinajstić information content (AvgIpc) is 1.63. The predicted molar refractivity (Wildman–Crippen MR) is 37.7 cm³/mol. The van der Waals surface area contributed by atoms with Gasteiger partial charge in [-0.1, -0.05) is 0 Å². The molecule has 0 aliphatic rings. The Morgan fingerprint density at radius 1 is 1.40 bits per heavy atom. The Bertz CT molecular complexity index is 122. The van der Waals surface area contributed by atoms with E-state index in [-0.39, 0.29) is 31.1 Å². The number of esters is 1. The molecule has 0 aromatic heterocycles. The summed E-state index contributed by atoms with van der Waals surface area (Å²) >= 11 is 0. The molecular weight excluding hydrogens is 127 g/mol. The van der Waals surface area contributed by atoms with Gasteiger partial charge in [0, 0.05) is 18.9 Å². The summed E-state index contributed by atoms with van der Waals surface area (Å²) in [5.74, 6) is -0.599. The van der Waals surface area contributed by atoms with Crippen molar-refractivity contribution in [1.29, 1.82) is 0 Å². The fourth-order valence-electron chi connectivity index (χ4n) is 0.415. The Morgan fingerprint density at radius 3 is 2.20 bits per heavy atom. The molecule has 0 bridgehead atoms. The van der Waals surface area contributed by atoms with Gasteiger partial charge in [-0.15, -0.1) is 0 Å². The van der Waals surface area contributed by atoms with Gasteiger partial charge < -0.3 is 4.74 Å². The van der Waals surface area contributed by atoms with Crippen molar-refractivity contribution in [2.45, 2.75) is 20.3 Å². The van der Waals surface area contributed by atoms with Crippen molar-refractivity contribution < 1.29 is 14.3 Å². The molecule has 0 rings (SSSR count). The quantitative estimate of drug-likeness (QED) is 0.316. The predicted octanol–water partition coefficient (Wildman–Crippen LogP) is 0.148. The van der Waals surface area contributed by atoms with E-state index in [1.54, 1.807) is 6.92 Å². The van der Waals surface area contributed by atoms with Gasteiger partial charge >= 0.3 is 5.97 Å². The van der Waals surface area contributed by atoms with Crippen molar-refractivity contribution in [3.63, 3.8) is 0 Å². The van der Waals surface area contributed by atoms with Crippen LogP contribution in [0.1, 0.15) is 20.3 Å². The van der Waals surface area contributed by atoms with Crippen molar-refractivity contribution in [2.24, 2.45) is 0 Å². The smallest absolute Gasteiger partial charge is 0.313 e. The molecule has 0 heterocycles. The van der Waals surface area contributed by atoms with E-state index in [1.165, 1.54) is 6.92 Å². The molecule has 53 valence electrons. The number of carbonyl (C=O) groups is 2. The molecule has 0 aromatic rings. The van der Waals surface area contributed by atoms with E-state index in [1.807, 2.05) is 0 Å². The summed E-state index contributed by atoms with van der Waals surface area (Å²) in [6.45, 7) is 3.40. The minimum atomic E-state index is -0.440. The molecule has 0 atom stereocenters. The Balaban J connectivity index is 0. The Morgan fingerprint density at radius 2 is 1.90 bits per heavy atom. The molecule has 4 heteroatoms. The van der Waals surface area contributed by atoms with E-state index < -0.39 is 5.97 Å². The summed E-state index contributed by atoms with van der Waals surface area (Å²) in [5.41, 5.74) is 0. The summed E-state index contributed by atoms with van der Waals surface area (Å²) in [6.07, 6.45) is -0.103. The van der Waals surface area contributed by atoms with Gasteiger partial charge in [0.15, 0.2) is 0 Å². The summed E-state index contributed by atoms with van der Waals surface area (Å²) in [5, 5.41) is 0. The van der Waals surface area contributed by atoms with Gasteiger partial charge in [0.2, 0.25) is 0 Å². The van der Waals surface area contributed by atoms with Crippen LogP contribution in [0.4, 0.5) is 0 Å². The molecule has 0 spiro atoms. The van der Waals surface area contributed by atoms with E-state index in [2.05, 4.69) is 4.74 Å². The van der Waals surface area contributed by atoms with Crippen LogP contribution in [0, 0.1) is 0 Å². The molecule has 0 fully saturated rings. The van der Waals surface area contributed by atoms with E-state index in [0.29, 0.717) is 6.61 Å². The molecule has 0 N–H and O–H groups in total. The normalized spacial score (nSPS) is 7.80. The van der Waals surface area contributed by atoms with Gasteiger partial charge in [0.1, 0.15) is 12.2 Å². The molecule has 0 unspecified atom stereocenters. The van der Waals surface area contributed by atoms with Crippen LogP contribution in [-0.4, -0.2) is 37.2 Å². The first-order chi connectivity index (χ1) is 4.16. The van der Waals surface area contributed by atoms with Crippen molar-refractivity contribution in [1.82, 2.24) is 0 Å². The second-order valence-electron chi connectivity index (χ2n) is 1.68. The summed E-state index contributed by atoms with van der Waals surface area (Å²) in [6, 6.07) is 0. The molecule has 10 heavy (non-hydrogen) atoms. The van der Waals surface area contributed by atoms with Crippen LogP contribution in [0.5, 0.6) is 0 Å². The maximum atomic E-state index is 10.4. The van der Waals surface area contributed by atoms with Crippen molar-refractivity contribution in [3.05, 3.63) is 0 Å². The maximum absolute atomic E-state index is 10.4. The van der Waals surface area contributed by atoms with Gasteiger partial charge in [0.25, 0.3) is 0 Å². The summed E-state index contributed by atoms with van der Waals surface area (Å²) in [4.78, 5) is 20.6. The number of Topliss-reactive ketones (excluding diaryl/α,β-unsaturated/α-hetero) is 1. The van der Waals surface area contributed by atoms with Crippen LogP contribution in [-0.2, 0) is 14.3 Å². The SMILES string of the molecule is CCOC(=O)CC(C)=O.[Li]. The number of rotatable bonds is 3. The summed E-state index contributed by atoms with van der Waals surface area (Å²) < 4.78 is 4.49. The molecule has 0 aliphatic heterocycles. The van der Waals surface area contributed by atoms with Crippen LogP contribution >= 0.6 is 0 Å². The van der Waals surface area contributed by atoms with Crippen LogP contribution in [0.3, 0.4) is 0 Å². The molecule has 0 saturated heterocycles. The van der Waals surface area contributed by atoms with Gasteiger partial charge in [-0.25, -0.2) is 0 Å². The first kappa shape index (κ1) is 12.4. The third kappa shape index (κ3) is 7.74. The zero-order chi connectivity index (χ0) is 7.28. The van der Waals surface area contributed by atoms with E-state index >= 15 is 0 Å².